The van der Waals surface area contributed by atoms with E-state index in [-0.39, 0.29) is 11.8 Å². The molecular weight excluding hydrogens is 351 g/mol. The molecule has 1 saturated heterocycles. The van der Waals surface area contributed by atoms with Crippen molar-refractivity contribution in [3.63, 3.8) is 0 Å². The van der Waals surface area contributed by atoms with Crippen LogP contribution in [0, 0.1) is 5.41 Å². The molecule has 1 aliphatic heterocycles. The molecule has 0 bridgehead atoms. The van der Waals surface area contributed by atoms with Gasteiger partial charge in [0.15, 0.2) is 0 Å². The van der Waals surface area contributed by atoms with Gasteiger partial charge in [-0.3, -0.25) is 23.6 Å². The molecule has 3 unspecified atom stereocenters. The highest BCUT2D eigenvalue weighted by atomic mass is 31.0. The summed E-state index contributed by atoms with van der Waals surface area (Å²) in [5, 5.41) is 5.69. The number of carbonyl (C=O) groups is 2. The van der Waals surface area contributed by atoms with Crippen molar-refractivity contribution in [3.05, 3.63) is 0 Å². The van der Waals surface area contributed by atoms with Gasteiger partial charge in [-0.15, -0.1) is 0 Å². The van der Waals surface area contributed by atoms with Crippen molar-refractivity contribution >= 4 is 40.0 Å². The number of amides is 2. The van der Waals surface area contributed by atoms with Crippen molar-refractivity contribution in [2.45, 2.75) is 13.8 Å². The topological polar surface area (TPSA) is 67.9 Å². The molecule has 10 heteroatoms. The lowest BCUT2D eigenvalue weighted by Gasteiger charge is -2.27. The highest BCUT2D eigenvalue weighted by molar-refractivity contribution is 7.13. The Morgan fingerprint density at radius 2 is 1.04 bits per heavy atom. The monoisotopic (exact) mass is 381 g/mol. The molecule has 2 N–H and O–H groups in total. The van der Waals surface area contributed by atoms with Gasteiger partial charge in [0.25, 0.3) is 0 Å². The van der Waals surface area contributed by atoms with Gasteiger partial charge in [-0.2, -0.15) is 0 Å². The largest absolute Gasteiger partial charge is 0.354 e. The lowest BCUT2D eigenvalue weighted by molar-refractivity contribution is -0.141. The molecule has 1 aliphatic rings. The molecule has 0 aromatic carbocycles. The lowest BCUT2D eigenvalue weighted by Crippen LogP contribution is -2.50. The van der Waals surface area contributed by atoms with E-state index in [4.69, 9.17) is 0 Å². The third-order valence-corrected chi connectivity index (χ3v) is 5.40. The Kier molecular flexibility index (Phi) is 9.36. The molecule has 3 atom stereocenters. The summed E-state index contributed by atoms with van der Waals surface area (Å²) in [5.41, 5.74) is -1.06. The Balaban J connectivity index is 2.66. The lowest BCUT2D eigenvalue weighted by atomic mass is 9.91. The SMILES string of the molecule is CC1(C)C(=O)NCCN(P)CCN(P)CCN(P)CCNC1=O. The second kappa shape index (κ2) is 10.2. The summed E-state index contributed by atoms with van der Waals surface area (Å²) in [6, 6.07) is 0. The van der Waals surface area contributed by atoms with E-state index in [0.717, 1.165) is 39.3 Å². The standard InChI is InChI=1S/C13H30N5O2P3/c1-13(2)11(19)14-3-5-16(21)7-9-18(23)10-8-17(22)6-4-15-12(13)20/h3-10,21-23H2,1-2H3,(H,14,19)(H,15,20). The summed E-state index contributed by atoms with van der Waals surface area (Å²) in [6.45, 7) is 9.46. The van der Waals surface area contributed by atoms with Crippen molar-refractivity contribution in [1.29, 1.82) is 0 Å². The Bertz CT molecular complexity index is 377. The van der Waals surface area contributed by atoms with Crippen LogP contribution in [0.25, 0.3) is 0 Å². The van der Waals surface area contributed by atoms with E-state index >= 15 is 0 Å². The minimum Gasteiger partial charge on any atom is -0.354 e. The van der Waals surface area contributed by atoms with Gasteiger partial charge in [0.05, 0.1) is 0 Å². The normalized spacial score (nSPS) is 24.9. The first-order chi connectivity index (χ1) is 10.7. The van der Waals surface area contributed by atoms with E-state index in [1.807, 2.05) is 0 Å². The van der Waals surface area contributed by atoms with Crippen molar-refractivity contribution < 1.29 is 9.59 Å². The Labute approximate surface area is 146 Å². The number of nitrogens with zero attached hydrogens (tertiary/aromatic N) is 3. The number of carbonyl (C=O) groups excluding carboxylic acids is 2. The van der Waals surface area contributed by atoms with Gasteiger partial charge in [-0.05, 0) is 13.8 Å². The molecule has 23 heavy (non-hydrogen) atoms. The summed E-state index contributed by atoms with van der Waals surface area (Å²) < 4.78 is 6.38. The first kappa shape index (κ1) is 21.2. The summed E-state index contributed by atoms with van der Waals surface area (Å²) in [7, 11) is 8.11. The number of hydrogen-bond acceptors (Lipinski definition) is 5. The molecule has 0 saturated carbocycles. The second-order valence-corrected chi connectivity index (χ2v) is 8.44. The molecule has 0 radical (unpaired) electrons. The van der Waals surface area contributed by atoms with E-state index in [2.05, 4.69) is 52.8 Å². The highest BCUT2D eigenvalue weighted by Gasteiger charge is 2.35. The predicted octanol–water partition coefficient (Wildman–Crippen LogP) is -0.465. The van der Waals surface area contributed by atoms with Crippen LogP contribution in [0.3, 0.4) is 0 Å². The first-order valence-corrected chi connectivity index (χ1v) is 9.34. The van der Waals surface area contributed by atoms with Crippen LogP contribution < -0.4 is 10.6 Å². The Morgan fingerprint density at radius 1 is 0.739 bits per heavy atom. The van der Waals surface area contributed by atoms with E-state index < -0.39 is 5.41 Å². The second-order valence-electron chi connectivity index (χ2n) is 6.24. The fraction of sp³-hybridized carbons (Fsp3) is 0.846. The van der Waals surface area contributed by atoms with Gasteiger partial charge < -0.3 is 10.6 Å². The third kappa shape index (κ3) is 7.69. The minimum atomic E-state index is -1.06. The molecule has 134 valence electrons. The van der Waals surface area contributed by atoms with Crippen LogP contribution in [0.5, 0.6) is 0 Å². The quantitative estimate of drug-likeness (QED) is 0.439. The maximum atomic E-state index is 12.2. The number of nitrogens with one attached hydrogen (secondary N) is 2. The van der Waals surface area contributed by atoms with Crippen LogP contribution in [-0.4, -0.2) is 78.2 Å². The number of hydrogen-bond donors (Lipinski definition) is 2. The van der Waals surface area contributed by atoms with Crippen LogP contribution in [0.15, 0.2) is 0 Å². The fourth-order valence-corrected chi connectivity index (χ4v) is 2.74. The fourth-order valence-electron chi connectivity index (χ4n) is 2.02. The molecule has 1 heterocycles. The molecule has 0 spiro atoms. The zero-order valence-electron chi connectivity index (χ0n) is 14.0. The first-order valence-electron chi connectivity index (χ1n) is 7.79. The summed E-state index contributed by atoms with van der Waals surface area (Å²) in [5.74, 6) is -0.480. The van der Waals surface area contributed by atoms with Crippen LogP contribution in [0.2, 0.25) is 0 Å². The van der Waals surface area contributed by atoms with Crippen LogP contribution in [-0.2, 0) is 9.59 Å². The van der Waals surface area contributed by atoms with Gasteiger partial charge in [0.1, 0.15) is 5.41 Å². The molecule has 1 rings (SSSR count). The van der Waals surface area contributed by atoms with E-state index in [1.165, 1.54) is 0 Å². The van der Waals surface area contributed by atoms with Gasteiger partial charge in [-0.1, -0.05) is 28.2 Å². The number of rotatable bonds is 0. The smallest absolute Gasteiger partial charge is 0.235 e. The van der Waals surface area contributed by atoms with E-state index in [9.17, 15) is 9.59 Å². The molecule has 0 aromatic rings. The van der Waals surface area contributed by atoms with Gasteiger partial charge >= 0.3 is 0 Å². The van der Waals surface area contributed by atoms with E-state index in [0.29, 0.717) is 13.1 Å². The average molecular weight is 381 g/mol. The predicted molar refractivity (Wildman–Crippen MR) is 104 cm³/mol. The zero-order valence-corrected chi connectivity index (χ0v) is 17.5. The Morgan fingerprint density at radius 3 is 1.39 bits per heavy atom. The molecular formula is C13H30N5O2P3. The van der Waals surface area contributed by atoms with Crippen LogP contribution in [0.4, 0.5) is 0 Å². The van der Waals surface area contributed by atoms with Crippen molar-refractivity contribution in [2.75, 3.05) is 52.4 Å². The molecule has 7 nitrogen and oxygen atoms in total. The van der Waals surface area contributed by atoms with Gasteiger partial charge in [0.2, 0.25) is 11.8 Å². The minimum absolute atomic E-state index is 0.240. The van der Waals surface area contributed by atoms with E-state index in [1.54, 1.807) is 13.8 Å². The average Bonchev–Trinajstić information content (AvgIpc) is 2.49. The molecule has 2 amide bonds. The Hall–Kier alpha value is 0.110. The molecule has 1 fully saturated rings. The van der Waals surface area contributed by atoms with Crippen molar-refractivity contribution in [3.8, 4) is 0 Å². The van der Waals surface area contributed by atoms with Crippen LogP contribution in [0.1, 0.15) is 13.8 Å². The van der Waals surface area contributed by atoms with Crippen molar-refractivity contribution in [2.24, 2.45) is 5.41 Å². The molecule has 0 aromatic heterocycles. The molecule has 0 aliphatic carbocycles. The summed E-state index contributed by atoms with van der Waals surface area (Å²) >= 11 is 0. The van der Waals surface area contributed by atoms with Crippen LogP contribution >= 0.6 is 28.2 Å². The zero-order chi connectivity index (χ0) is 17.5. The maximum absolute atomic E-state index is 12.2. The summed E-state index contributed by atoms with van der Waals surface area (Å²) in [6.07, 6.45) is 0. The summed E-state index contributed by atoms with van der Waals surface area (Å²) in [4.78, 5) is 24.5. The van der Waals surface area contributed by atoms with Gasteiger partial charge in [-0.25, -0.2) is 0 Å². The van der Waals surface area contributed by atoms with Crippen molar-refractivity contribution in [1.82, 2.24) is 24.6 Å². The third-order valence-electron chi connectivity index (χ3n) is 3.85. The highest BCUT2D eigenvalue weighted by Crippen LogP contribution is 2.15. The maximum Gasteiger partial charge on any atom is 0.235 e. The van der Waals surface area contributed by atoms with Gasteiger partial charge in [0, 0.05) is 52.4 Å².